The van der Waals surface area contributed by atoms with E-state index >= 15 is 0 Å². The summed E-state index contributed by atoms with van der Waals surface area (Å²) in [5.41, 5.74) is 1.58. The Morgan fingerprint density at radius 1 is 1.29 bits per heavy atom. The Morgan fingerprint density at radius 2 is 1.94 bits per heavy atom. The van der Waals surface area contributed by atoms with E-state index in [9.17, 15) is 9.59 Å². The number of aromatic amines is 2. The predicted octanol–water partition coefficient (Wildman–Crippen LogP) is 1.45. The molecule has 0 amide bonds. The average Bonchev–Trinajstić information content (AvgIpc) is 2.20. The fourth-order valence-electron chi connectivity index (χ4n) is 1.38. The molecule has 17 heavy (non-hydrogen) atoms. The van der Waals surface area contributed by atoms with E-state index in [2.05, 4.69) is 9.97 Å². The molecule has 0 radical (unpaired) electrons. The summed E-state index contributed by atoms with van der Waals surface area (Å²) in [6.45, 7) is 5.48. The molecule has 0 unspecified atom stereocenters. The van der Waals surface area contributed by atoms with Crippen molar-refractivity contribution in [3.05, 3.63) is 49.8 Å². The number of hydrogen-bond donors (Lipinski definition) is 3. The van der Waals surface area contributed by atoms with Crippen LogP contribution in [0.3, 0.4) is 0 Å². The van der Waals surface area contributed by atoms with Crippen LogP contribution in [0.4, 0.5) is 0 Å². The molecule has 0 bridgehead atoms. The van der Waals surface area contributed by atoms with Crippen LogP contribution in [-0.2, 0) is 0 Å². The Balaban J connectivity index is 3.14. The van der Waals surface area contributed by atoms with Crippen molar-refractivity contribution in [3.8, 4) is 0 Å². The SMILES string of the molecule is CC(=N)C(/C=C/c1c[nH]c(=O)[nH]c1=O)=C(C)C. The zero-order valence-corrected chi connectivity index (χ0v) is 10.0. The molecule has 1 aromatic rings. The first-order chi connectivity index (χ1) is 7.91. The van der Waals surface area contributed by atoms with E-state index in [1.54, 1.807) is 19.1 Å². The lowest BCUT2D eigenvalue weighted by Crippen LogP contribution is -2.22. The fourth-order valence-corrected chi connectivity index (χ4v) is 1.38. The van der Waals surface area contributed by atoms with Crippen molar-refractivity contribution < 1.29 is 0 Å². The molecular formula is C12H15N3O2. The van der Waals surface area contributed by atoms with Gasteiger partial charge in [0.1, 0.15) is 0 Å². The summed E-state index contributed by atoms with van der Waals surface area (Å²) in [5.74, 6) is 0. The van der Waals surface area contributed by atoms with E-state index in [0.717, 1.165) is 11.1 Å². The second-order valence-corrected chi connectivity index (χ2v) is 3.90. The summed E-state index contributed by atoms with van der Waals surface area (Å²) in [4.78, 5) is 26.7. The van der Waals surface area contributed by atoms with Gasteiger partial charge in [-0.15, -0.1) is 0 Å². The molecule has 0 aliphatic heterocycles. The number of aromatic nitrogens is 2. The Hall–Kier alpha value is -2.17. The van der Waals surface area contributed by atoms with E-state index < -0.39 is 11.2 Å². The summed E-state index contributed by atoms with van der Waals surface area (Å²) in [6.07, 6.45) is 4.62. The summed E-state index contributed by atoms with van der Waals surface area (Å²) in [6, 6.07) is 0. The lowest BCUT2D eigenvalue weighted by Gasteiger charge is -2.01. The molecule has 1 heterocycles. The maximum Gasteiger partial charge on any atom is 0.325 e. The third kappa shape index (κ3) is 3.41. The second kappa shape index (κ2) is 5.25. The molecule has 3 N–H and O–H groups in total. The zero-order chi connectivity index (χ0) is 13.0. The van der Waals surface area contributed by atoms with Crippen molar-refractivity contribution >= 4 is 11.8 Å². The minimum atomic E-state index is -0.530. The highest BCUT2D eigenvalue weighted by Crippen LogP contribution is 2.08. The Kier molecular flexibility index (Phi) is 3.98. The van der Waals surface area contributed by atoms with E-state index in [0.29, 0.717) is 11.3 Å². The van der Waals surface area contributed by atoms with Crippen LogP contribution in [0.25, 0.3) is 6.08 Å². The van der Waals surface area contributed by atoms with Crippen LogP contribution in [0, 0.1) is 5.41 Å². The van der Waals surface area contributed by atoms with Gasteiger partial charge < -0.3 is 10.4 Å². The average molecular weight is 233 g/mol. The number of nitrogens with one attached hydrogen (secondary N) is 3. The van der Waals surface area contributed by atoms with Crippen LogP contribution >= 0.6 is 0 Å². The van der Waals surface area contributed by atoms with Gasteiger partial charge in [0.15, 0.2) is 0 Å². The quantitative estimate of drug-likeness (QED) is 0.545. The number of hydrogen-bond acceptors (Lipinski definition) is 3. The molecule has 1 rings (SSSR count). The molecule has 5 nitrogen and oxygen atoms in total. The molecular weight excluding hydrogens is 218 g/mol. The first-order valence-electron chi connectivity index (χ1n) is 5.15. The molecule has 0 aliphatic rings. The van der Waals surface area contributed by atoms with Crippen LogP contribution in [0.15, 0.2) is 33.0 Å². The standard InChI is InChI=1S/C12H15N3O2/c1-7(2)10(8(3)13)5-4-9-6-14-12(17)15-11(9)16/h4-6,13H,1-3H3,(H2,14,15,16,17)/b5-4+,13-8?. The highest BCUT2D eigenvalue weighted by molar-refractivity contribution is 5.99. The molecule has 0 spiro atoms. The third-order valence-electron chi connectivity index (χ3n) is 2.22. The zero-order valence-electron chi connectivity index (χ0n) is 10.0. The number of H-pyrrole nitrogens is 2. The molecule has 1 aromatic heterocycles. The van der Waals surface area contributed by atoms with Gasteiger partial charge in [-0.25, -0.2) is 4.79 Å². The topological polar surface area (TPSA) is 89.6 Å². The van der Waals surface area contributed by atoms with Gasteiger partial charge in [-0.1, -0.05) is 11.6 Å². The third-order valence-corrected chi connectivity index (χ3v) is 2.22. The van der Waals surface area contributed by atoms with Crippen LogP contribution in [0.1, 0.15) is 26.3 Å². The lowest BCUT2D eigenvalue weighted by molar-refractivity contribution is 1.03. The lowest BCUT2D eigenvalue weighted by atomic mass is 10.1. The van der Waals surface area contributed by atoms with E-state index in [1.165, 1.54) is 6.20 Å². The smallest absolute Gasteiger partial charge is 0.314 e. The van der Waals surface area contributed by atoms with Crippen molar-refractivity contribution in [2.24, 2.45) is 0 Å². The fraction of sp³-hybridized carbons (Fsp3) is 0.250. The molecule has 0 saturated heterocycles. The van der Waals surface area contributed by atoms with Gasteiger partial charge in [-0.05, 0) is 32.4 Å². The Bertz CT molecular complexity index is 599. The van der Waals surface area contributed by atoms with Crippen molar-refractivity contribution in [1.82, 2.24) is 9.97 Å². The number of rotatable bonds is 3. The molecule has 0 aromatic carbocycles. The van der Waals surface area contributed by atoms with Gasteiger partial charge in [-0.2, -0.15) is 0 Å². The second-order valence-electron chi connectivity index (χ2n) is 3.90. The Labute approximate surface area is 98.4 Å². The summed E-state index contributed by atoms with van der Waals surface area (Å²) in [5, 5.41) is 7.58. The summed E-state index contributed by atoms with van der Waals surface area (Å²) in [7, 11) is 0. The normalized spacial score (nSPS) is 10.5. The number of allylic oxidation sites excluding steroid dienone is 3. The predicted molar refractivity (Wildman–Crippen MR) is 68.5 cm³/mol. The highest BCUT2D eigenvalue weighted by Gasteiger charge is 1.99. The first kappa shape index (κ1) is 12.9. The van der Waals surface area contributed by atoms with Crippen molar-refractivity contribution in [1.29, 1.82) is 5.41 Å². The van der Waals surface area contributed by atoms with Crippen molar-refractivity contribution in [2.45, 2.75) is 20.8 Å². The van der Waals surface area contributed by atoms with Crippen LogP contribution in [0.5, 0.6) is 0 Å². The molecule has 5 heteroatoms. The highest BCUT2D eigenvalue weighted by atomic mass is 16.2. The van der Waals surface area contributed by atoms with Gasteiger partial charge >= 0.3 is 5.69 Å². The van der Waals surface area contributed by atoms with E-state index in [1.807, 2.05) is 13.8 Å². The minimum absolute atomic E-state index is 0.351. The van der Waals surface area contributed by atoms with E-state index in [-0.39, 0.29) is 0 Å². The molecule has 0 fully saturated rings. The van der Waals surface area contributed by atoms with Gasteiger partial charge in [0.25, 0.3) is 5.56 Å². The van der Waals surface area contributed by atoms with Gasteiger partial charge in [0, 0.05) is 11.9 Å². The van der Waals surface area contributed by atoms with Crippen LogP contribution in [0.2, 0.25) is 0 Å². The van der Waals surface area contributed by atoms with Gasteiger partial charge in [0.2, 0.25) is 0 Å². The molecule has 0 saturated carbocycles. The first-order valence-corrected chi connectivity index (χ1v) is 5.15. The van der Waals surface area contributed by atoms with Crippen molar-refractivity contribution in [3.63, 3.8) is 0 Å². The van der Waals surface area contributed by atoms with Crippen LogP contribution < -0.4 is 11.2 Å². The Morgan fingerprint density at radius 3 is 2.41 bits per heavy atom. The maximum absolute atomic E-state index is 11.4. The molecule has 90 valence electrons. The van der Waals surface area contributed by atoms with Crippen molar-refractivity contribution in [2.75, 3.05) is 0 Å². The van der Waals surface area contributed by atoms with Gasteiger partial charge in [0.05, 0.1) is 5.56 Å². The summed E-state index contributed by atoms with van der Waals surface area (Å²) < 4.78 is 0. The monoisotopic (exact) mass is 233 g/mol. The van der Waals surface area contributed by atoms with E-state index in [4.69, 9.17) is 5.41 Å². The van der Waals surface area contributed by atoms with Gasteiger partial charge in [-0.3, -0.25) is 9.78 Å². The van der Waals surface area contributed by atoms with Crippen LogP contribution in [-0.4, -0.2) is 15.7 Å². The minimum Gasteiger partial charge on any atom is -0.314 e. The largest absolute Gasteiger partial charge is 0.325 e. The summed E-state index contributed by atoms with van der Waals surface area (Å²) >= 11 is 0. The molecule has 0 aliphatic carbocycles. The maximum atomic E-state index is 11.4. The molecule has 0 atom stereocenters.